The molecule has 0 radical (unpaired) electrons. The second-order valence-corrected chi connectivity index (χ2v) is 8.89. The van der Waals surface area contributed by atoms with Gasteiger partial charge in [0.05, 0.1) is 5.69 Å². The topological polar surface area (TPSA) is 58.4 Å². The zero-order valence-corrected chi connectivity index (χ0v) is 17.2. The van der Waals surface area contributed by atoms with Crippen LogP contribution >= 0.6 is 0 Å². The van der Waals surface area contributed by atoms with E-state index in [-0.39, 0.29) is 5.91 Å². The van der Waals surface area contributed by atoms with E-state index >= 15 is 0 Å². The van der Waals surface area contributed by atoms with Gasteiger partial charge in [-0.05, 0) is 95.1 Å². The lowest BCUT2D eigenvalue weighted by Crippen LogP contribution is -2.37. The van der Waals surface area contributed by atoms with Crippen LogP contribution in [-0.4, -0.2) is 41.6 Å². The molecule has 1 N–H and O–H groups in total. The number of nitrogens with zero attached hydrogens (tertiary/aromatic N) is 2. The molecule has 1 aromatic carbocycles. The van der Waals surface area contributed by atoms with Crippen molar-refractivity contribution < 1.29 is 9.32 Å². The number of likely N-dealkylation sites (tertiary alicyclic amines) is 1. The van der Waals surface area contributed by atoms with Crippen molar-refractivity contribution in [3.63, 3.8) is 0 Å². The first-order chi connectivity index (χ1) is 13.6. The molecule has 2 aromatic rings. The molecule has 0 spiro atoms. The van der Waals surface area contributed by atoms with Gasteiger partial charge in [-0.15, -0.1) is 0 Å². The number of nitrogens with one attached hydrogen (secondary N) is 1. The van der Waals surface area contributed by atoms with Gasteiger partial charge in [-0.3, -0.25) is 4.79 Å². The number of carbonyl (C=O) groups is 1. The van der Waals surface area contributed by atoms with Crippen molar-refractivity contribution in [3.05, 3.63) is 29.5 Å². The summed E-state index contributed by atoms with van der Waals surface area (Å²) in [7, 11) is 0. The van der Waals surface area contributed by atoms with Crippen molar-refractivity contribution >= 4 is 16.9 Å². The van der Waals surface area contributed by atoms with Crippen molar-refractivity contribution in [3.8, 4) is 0 Å². The highest BCUT2D eigenvalue weighted by Gasteiger charge is 2.26. The molecule has 0 bridgehead atoms. The van der Waals surface area contributed by atoms with Crippen LogP contribution in [0.5, 0.6) is 0 Å². The van der Waals surface area contributed by atoms with Gasteiger partial charge in [-0.2, -0.15) is 0 Å². The number of hydrogen-bond acceptors (Lipinski definition) is 4. The van der Waals surface area contributed by atoms with Gasteiger partial charge in [-0.1, -0.05) is 11.2 Å². The molecule has 5 nitrogen and oxygen atoms in total. The highest BCUT2D eigenvalue weighted by molar-refractivity contribution is 5.80. The summed E-state index contributed by atoms with van der Waals surface area (Å²) in [5, 5.41) is 8.68. The summed E-state index contributed by atoms with van der Waals surface area (Å²) in [6, 6.07) is 6.81. The summed E-state index contributed by atoms with van der Waals surface area (Å²) in [6.07, 6.45) is 8.44. The highest BCUT2D eigenvalue weighted by atomic mass is 16.5. The standard InChI is InChI=1S/C23H33N3O2/c1-16-3-8-21-22(15-16)28-25-23(21)19-10-13-26(14-11-19)12-9-18-4-6-20(7-5-18)24-17(2)27/h3,8,15,18-20H,4-7,9-14H2,1-2H3,(H,24,27). The molecule has 1 aliphatic carbocycles. The lowest BCUT2D eigenvalue weighted by Gasteiger charge is -2.34. The van der Waals surface area contributed by atoms with Crippen LogP contribution in [-0.2, 0) is 4.79 Å². The van der Waals surface area contributed by atoms with E-state index < -0.39 is 0 Å². The summed E-state index contributed by atoms with van der Waals surface area (Å²) >= 11 is 0. The Kier molecular flexibility index (Phi) is 6.00. The second kappa shape index (κ2) is 8.64. The summed E-state index contributed by atoms with van der Waals surface area (Å²) in [6.45, 7) is 7.24. The molecule has 0 atom stereocenters. The summed E-state index contributed by atoms with van der Waals surface area (Å²) in [5.74, 6) is 1.46. The summed E-state index contributed by atoms with van der Waals surface area (Å²) in [4.78, 5) is 13.8. The first-order valence-electron chi connectivity index (χ1n) is 10.9. The van der Waals surface area contributed by atoms with Gasteiger partial charge in [0.15, 0.2) is 5.58 Å². The Morgan fingerprint density at radius 1 is 1.18 bits per heavy atom. The van der Waals surface area contributed by atoms with E-state index in [1.54, 1.807) is 6.92 Å². The van der Waals surface area contributed by atoms with Crippen molar-refractivity contribution in [2.45, 2.75) is 70.8 Å². The van der Waals surface area contributed by atoms with Crippen LogP contribution in [0.4, 0.5) is 0 Å². The van der Waals surface area contributed by atoms with Gasteiger partial charge < -0.3 is 14.7 Å². The van der Waals surface area contributed by atoms with Crippen molar-refractivity contribution in [1.82, 2.24) is 15.4 Å². The van der Waals surface area contributed by atoms with Gasteiger partial charge in [-0.25, -0.2) is 0 Å². The summed E-state index contributed by atoms with van der Waals surface area (Å²) < 4.78 is 5.58. The highest BCUT2D eigenvalue weighted by Crippen LogP contribution is 2.33. The third-order valence-electron chi connectivity index (χ3n) is 6.74. The fourth-order valence-electron chi connectivity index (χ4n) is 5.04. The maximum atomic E-state index is 11.2. The Balaban J connectivity index is 1.22. The third kappa shape index (κ3) is 4.57. The van der Waals surface area contributed by atoms with Crippen molar-refractivity contribution in [2.24, 2.45) is 5.92 Å². The first kappa shape index (κ1) is 19.4. The first-order valence-corrected chi connectivity index (χ1v) is 10.9. The molecule has 1 aliphatic heterocycles. The smallest absolute Gasteiger partial charge is 0.217 e. The zero-order valence-electron chi connectivity index (χ0n) is 17.2. The van der Waals surface area contributed by atoms with E-state index in [0.717, 1.165) is 43.1 Å². The van der Waals surface area contributed by atoms with E-state index in [1.807, 2.05) is 0 Å². The number of amides is 1. The van der Waals surface area contributed by atoms with Gasteiger partial charge in [0.1, 0.15) is 0 Å². The molecule has 2 heterocycles. The maximum absolute atomic E-state index is 11.2. The fourth-order valence-corrected chi connectivity index (χ4v) is 5.04. The van der Waals surface area contributed by atoms with E-state index in [9.17, 15) is 4.79 Å². The molecule has 5 heteroatoms. The van der Waals surface area contributed by atoms with Gasteiger partial charge in [0.25, 0.3) is 0 Å². The minimum Gasteiger partial charge on any atom is -0.356 e. The molecule has 1 saturated heterocycles. The number of hydrogen-bond donors (Lipinski definition) is 1. The number of carbonyl (C=O) groups excluding carboxylic acids is 1. The number of fused-ring (bicyclic) bond motifs is 1. The molecule has 2 fully saturated rings. The van der Waals surface area contributed by atoms with Crippen LogP contribution in [0.15, 0.2) is 22.7 Å². The van der Waals surface area contributed by atoms with E-state index in [4.69, 9.17) is 4.52 Å². The minimum atomic E-state index is 0.112. The maximum Gasteiger partial charge on any atom is 0.217 e. The van der Waals surface area contributed by atoms with E-state index in [1.165, 1.54) is 49.6 Å². The monoisotopic (exact) mass is 383 g/mol. The molecule has 28 heavy (non-hydrogen) atoms. The fraction of sp³-hybridized carbons (Fsp3) is 0.652. The molecule has 152 valence electrons. The Morgan fingerprint density at radius 3 is 2.64 bits per heavy atom. The predicted octanol–water partition coefficient (Wildman–Crippen LogP) is 4.40. The third-order valence-corrected chi connectivity index (χ3v) is 6.74. The molecule has 0 unspecified atom stereocenters. The van der Waals surface area contributed by atoms with E-state index in [2.05, 4.69) is 40.5 Å². The summed E-state index contributed by atoms with van der Waals surface area (Å²) in [5.41, 5.74) is 3.30. The second-order valence-electron chi connectivity index (χ2n) is 8.89. The number of rotatable bonds is 5. The van der Waals surface area contributed by atoms with Crippen LogP contribution in [0.3, 0.4) is 0 Å². The Morgan fingerprint density at radius 2 is 1.93 bits per heavy atom. The van der Waals surface area contributed by atoms with Crippen LogP contribution in [0.1, 0.15) is 69.0 Å². The molecule has 1 amide bonds. The number of aryl methyl sites for hydroxylation is 1. The SMILES string of the molecule is CC(=O)NC1CCC(CCN2CCC(c3noc4cc(C)ccc34)CC2)CC1. The number of benzene rings is 1. The molecule has 2 aliphatic rings. The zero-order chi connectivity index (χ0) is 19.5. The van der Waals surface area contributed by atoms with E-state index in [0.29, 0.717) is 12.0 Å². The Bertz CT molecular complexity index is 799. The molecular weight excluding hydrogens is 350 g/mol. The Hall–Kier alpha value is -1.88. The van der Waals surface area contributed by atoms with Crippen LogP contribution < -0.4 is 5.32 Å². The number of aromatic nitrogens is 1. The average Bonchev–Trinajstić information content (AvgIpc) is 3.10. The predicted molar refractivity (Wildman–Crippen MR) is 111 cm³/mol. The van der Waals surface area contributed by atoms with Gasteiger partial charge in [0.2, 0.25) is 5.91 Å². The van der Waals surface area contributed by atoms with Crippen LogP contribution in [0.2, 0.25) is 0 Å². The molecule has 1 saturated carbocycles. The normalized spacial score (nSPS) is 24.5. The van der Waals surface area contributed by atoms with Crippen LogP contribution in [0.25, 0.3) is 11.0 Å². The largest absolute Gasteiger partial charge is 0.356 e. The van der Waals surface area contributed by atoms with Gasteiger partial charge in [0, 0.05) is 24.3 Å². The van der Waals surface area contributed by atoms with Crippen molar-refractivity contribution in [2.75, 3.05) is 19.6 Å². The molecule has 4 rings (SSSR count). The quantitative estimate of drug-likeness (QED) is 0.831. The van der Waals surface area contributed by atoms with Crippen LogP contribution in [0, 0.1) is 12.8 Å². The van der Waals surface area contributed by atoms with Gasteiger partial charge >= 0.3 is 0 Å². The Labute approximate surface area is 167 Å². The molecule has 1 aromatic heterocycles. The lowest BCUT2D eigenvalue weighted by molar-refractivity contribution is -0.119. The minimum absolute atomic E-state index is 0.112. The average molecular weight is 384 g/mol. The van der Waals surface area contributed by atoms with Crippen molar-refractivity contribution in [1.29, 1.82) is 0 Å². The lowest BCUT2D eigenvalue weighted by atomic mass is 9.83. The molecular formula is C23H33N3O2. The number of piperidine rings is 1.